The van der Waals surface area contributed by atoms with Crippen molar-refractivity contribution in [3.05, 3.63) is 29.8 Å². The molecular weight excluding hydrogens is 254 g/mol. The maximum absolute atomic E-state index is 5.67. The molecule has 1 aliphatic heterocycles. The molecule has 1 unspecified atom stereocenters. The molecule has 4 heteroatoms. The third kappa shape index (κ3) is 5.49. The van der Waals surface area contributed by atoms with Gasteiger partial charge in [0, 0.05) is 26.2 Å². The summed E-state index contributed by atoms with van der Waals surface area (Å²) in [4.78, 5) is 0. The molecule has 2 rings (SSSR count). The number of hydrogen-bond acceptors (Lipinski definition) is 4. The summed E-state index contributed by atoms with van der Waals surface area (Å²) < 4.78 is 16.9. The lowest BCUT2D eigenvalue weighted by atomic mass is 10.1. The molecule has 1 aliphatic rings. The molecule has 1 saturated heterocycles. The van der Waals surface area contributed by atoms with Crippen LogP contribution >= 0.6 is 0 Å². The second kappa shape index (κ2) is 8.95. The van der Waals surface area contributed by atoms with E-state index in [9.17, 15) is 0 Å². The maximum atomic E-state index is 5.67. The molecule has 20 heavy (non-hydrogen) atoms. The highest BCUT2D eigenvalue weighted by Gasteiger charge is 2.13. The Balaban J connectivity index is 1.52. The fourth-order valence-corrected chi connectivity index (χ4v) is 2.27. The molecule has 1 aromatic rings. The molecule has 0 aromatic heterocycles. The molecule has 0 aliphatic carbocycles. The Morgan fingerprint density at radius 3 is 3.00 bits per heavy atom. The van der Waals surface area contributed by atoms with Crippen LogP contribution in [-0.2, 0) is 16.0 Å². The number of benzene rings is 1. The summed E-state index contributed by atoms with van der Waals surface area (Å²) in [7, 11) is 0. The fourth-order valence-electron chi connectivity index (χ4n) is 2.27. The van der Waals surface area contributed by atoms with Crippen molar-refractivity contribution in [3.63, 3.8) is 0 Å². The standard InChI is InChI=1S/C16H25NO3/c17-12-14-5-3-7-15(11-14)19-10-4-8-18-13-16-6-1-2-9-20-16/h3,5,7,11,16H,1-2,4,6,8-10,12-13,17H2. The van der Waals surface area contributed by atoms with Crippen molar-refractivity contribution in [1.82, 2.24) is 0 Å². The SMILES string of the molecule is NCc1cccc(OCCCOCC2CCCCO2)c1. The van der Waals surface area contributed by atoms with Gasteiger partial charge in [-0.3, -0.25) is 0 Å². The summed E-state index contributed by atoms with van der Waals surface area (Å²) >= 11 is 0. The molecule has 0 amide bonds. The monoisotopic (exact) mass is 279 g/mol. The van der Waals surface area contributed by atoms with E-state index in [4.69, 9.17) is 19.9 Å². The van der Waals surface area contributed by atoms with Gasteiger partial charge in [-0.25, -0.2) is 0 Å². The van der Waals surface area contributed by atoms with Crippen LogP contribution in [0.3, 0.4) is 0 Å². The number of nitrogens with two attached hydrogens (primary N) is 1. The molecule has 1 heterocycles. The van der Waals surface area contributed by atoms with Crippen LogP contribution < -0.4 is 10.5 Å². The summed E-state index contributed by atoms with van der Waals surface area (Å²) in [5.41, 5.74) is 6.69. The topological polar surface area (TPSA) is 53.7 Å². The second-order valence-corrected chi connectivity index (χ2v) is 5.12. The average molecular weight is 279 g/mol. The van der Waals surface area contributed by atoms with Crippen LogP contribution in [0.2, 0.25) is 0 Å². The zero-order chi connectivity index (χ0) is 14.0. The van der Waals surface area contributed by atoms with Gasteiger partial charge in [0.25, 0.3) is 0 Å². The van der Waals surface area contributed by atoms with Crippen LogP contribution in [-0.4, -0.2) is 32.5 Å². The first kappa shape index (κ1) is 15.3. The summed E-state index contributed by atoms with van der Waals surface area (Å²) in [5, 5.41) is 0. The average Bonchev–Trinajstić information content (AvgIpc) is 2.52. The largest absolute Gasteiger partial charge is 0.493 e. The fraction of sp³-hybridized carbons (Fsp3) is 0.625. The van der Waals surface area contributed by atoms with Crippen LogP contribution in [0.25, 0.3) is 0 Å². The van der Waals surface area contributed by atoms with Gasteiger partial charge < -0.3 is 19.9 Å². The van der Waals surface area contributed by atoms with E-state index in [1.807, 2.05) is 24.3 Å². The van der Waals surface area contributed by atoms with Gasteiger partial charge in [-0.1, -0.05) is 12.1 Å². The zero-order valence-corrected chi connectivity index (χ0v) is 12.1. The Morgan fingerprint density at radius 2 is 2.20 bits per heavy atom. The van der Waals surface area contributed by atoms with Crippen LogP contribution in [0.15, 0.2) is 24.3 Å². The van der Waals surface area contributed by atoms with Crippen LogP contribution in [0.5, 0.6) is 5.75 Å². The van der Waals surface area contributed by atoms with Gasteiger partial charge in [0.15, 0.2) is 0 Å². The molecule has 4 nitrogen and oxygen atoms in total. The highest BCUT2D eigenvalue weighted by Crippen LogP contribution is 2.14. The first-order chi connectivity index (χ1) is 9.88. The molecule has 1 fully saturated rings. The molecule has 112 valence electrons. The second-order valence-electron chi connectivity index (χ2n) is 5.12. The van der Waals surface area contributed by atoms with E-state index in [-0.39, 0.29) is 0 Å². The van der Waals surface area contributed by atoms with Crippen molar-refractivity contribution in [2.75, 3.05) is 26.4 Å². The van der Waals surface area contributed by atoms with Crippen molar-refractivity contribution in [1.29, 1.82) is 0 Å². The molecular formula is C16H25NO3. The van der Waals surface area contributed by atoms with Gasteiger partial charge in [-0.05, 0) is 37.0 Å². The van der Waals surface area contributed by atoms with Gasteiger partial charge in [-0.15, -0.1) is 0 Å². The Kier molecular flexibility index (Phi) is 6.84. The first-order valence-corrected chi connectivity index (χ1v) is 7.49. The van der Waals surface area contributed by atoms with Crippen molar-refractivity contribution in [2.24, 2.45) is 5.73 Å². The number of rotatable bonds is 8. The summed E-state index contributed by atoms with van der Waals surface area (Å²) in [6.45, 7) is 3.52. The Hall–Kier alpha value is -1.10. The Labute approximate surface area is 121 Å². The maximum Gasteiger partial charge on any atom is 0.119 e. The van der Waals surface area contributed by atoms with Gasteiger partial charge in [0.1, 0.15) is 5.75 Å². The van der Waals surface area contributed by atoms with Crippen LogP contribution in [0.1, 0.15) is 31.2 Å². The lowest BCUT2D eigenvalue weighted by molar-refractivity contribution is -0.0419. The van der Waals surface area contributed by atoms with Crippen molar-refractivity contribution >= 4 is 0 Å². The number of hydrogen-bond donors (Lipinski definition) is 1. The smallest absolute Gasteiger partial charge is 0.119 e. The highest BCUT2D eigenvalue weighted by molar-refractivity contribution is 5.28. The summed E-state index contributed by atoms with van der Waals surface area (Å²) in [6, 6.07) is 7.90. The third-order valence-electron chi connectivity index (χ3n) is 3.41. The molecule has 0 bridgehead atoms. The Morgan fingerprint density at radius 1 is 1.25 bits per heavy atom. The van der Waals surface area contributed by atoms with Crippen molar-refractivity contribution in [3.8, 4) is 5.75 Å². The van der Waals surface area contributed by atoms with Gasteiger partial charge in [-0.2, -0.15) is 0 Å². The lowest BCUT2D eigenvalue weighted by Crippen LogP contribution is -2.24. The van der Waals surface area contributed by atoms with Crippen molar-refractivity contribution in [2.45, 2.75) is 38.3 Å². The first-order valence-electron chi connectivity index (χ1n) is 7.49. The molecule has 2 N–H and O–H groups in total. The highest BCUT2D eigenvalue weighted by atomic mass is 16.5. The van der Waals surface area contributed by atoms with Gasteiger partial charge in [0.2, 0.25) is 0 Å². The molecule has 0 spiro atoms. The lowest BCUT2D eigenvalue weighted by Gasteiger charge is -2.22. The quantitative estimate of drug-likeness (QED) is 0.743. The zero-order valence-electron chi connectivity index (χ0n) is 12.1. The van der Waals surface area contributed by atoms with Crippen LogP contribution in [0.4, 0.5) is 0 Å². The normalized spacial score (nSPS) is 18.9. The van der Waals surface area contributed by atoms with E-state index in [0.29, 0.717) is 25.9 Å². The Bertz CT molecular complexity index is 378. The van der Waals surface area contributed by atoms with E-state index >= 15 is 0 Å². The van der Waals surface area contributed by atoms with Gasteiger partial charge >= 0.3 is 0 Å². The van der Waals surface area contributed by atoms with E-state index in [0.717, 1.165) is 37.4 Å². The molecule has 1 aromatic carbocycles. The van der Waals surface area contributed by atoms with Crippen LogP contribution in [0, 0.1) is 0 Å². The van der Waals surface area contributed by atoms with E-state index in [2.05, 4.69) is 0 Å². The van der Waals surface area contributed by atoms with E-state index in [1.165, 1.54) is 12.8 Å². The minimum absolute atomic E-state index is 0.297. The van der Waals surface area contributed by atoms with E-state index < -0.39 is 0 Å². The van der Waals surface area contributed by atoms with Gasteiger partial charge in [0.05, 0.1) is 19.3 Å². The summed E-state index contributed by atoms with van der Waals surface area (Å²) in [6.07, 6.45) is 4.76. The molecule has 0 saturated carbocycles. The predicted molar refractivity (Wildman–Crippen MR) is 78.9 cm³/mol. The minimum atomic E-state index is 0.297. The molecule has 0 radical (unpaired) electrons. The third-order valence-corrected chi connectivity index (χ3v) is 3.41. The number of ether oxygens (including phenoxy) is 3. The predicted octanol–water partition coefficient (Wildman–Crippen LogP) is 2.50. The molecule has 1 atom stereocenters. The summed E-state index contributed by atoms with van der Waals surface area (Å²) in [5.74, 6) is 0.878. The minimum Gasteiger partial charge on any atom is -0.493 e. The van der Waals surface area contributed by atoms with E-state index in [1.54, 1.807) is 0 Å². The van der Waals surface area contributed by atoms with Crippen molar-refractivity contribution < 1.29 is 14.2 Å².